The minimum Gasteiger partial charge on any atom is -0.477 e. The van der Waals surface area contributed by atoms with Crippen molar-refractivity contribution in [3.05, 3.63) is 52.5 Å². The predicted molar refractivity (Wildman–Crippen MR) is 77.9 cm³/mol. The molecule has 1 heterocycles. The lowest BCUT2D eigenvalue weighted by molar-refractivity contribution is 0.0690. The summed E-state index contributed by atoms with van der Waals surface area (Å²) in [4.78, 5) is 26.0. The fourth-order valence-electron chi connectivity index (χ4n) is 1.47. The van der Waals surface area contributed by atoms with Gasteiger partial charge in [0.2, 0.25) is 0 Å². The molecule has 3 N–H and O–H groups in total. The quantitative estimate of drug-likeness (QED) is 0.789. The van der Waals surface area contributed by atoms with E-state index in [1.165, 1.54) is 30.5 Å². The Kier molecular flexibility index (Phi) is 4.49. The zero-order valence-electron chi connectivity index (χ0n) is 10.4. The Morgan fingerprint density at radius 2 is 1.95 bits per heavy atom. The summed E-state index contributed by atoms with van der Waals surface area (Å²) in [5, 5.41) is 13.4. The van der Waals surface area contributed by atoms with Gasteiger partial charge in [0.25, 0.3) is 0 Å². The van der Waals surface area contributed by atoms with Gasteiger partial charge in [0.05, 0.1) is 17.6 Å². The third-order valence-electron chi connectivity index (χ3n) is 2.42. The second kappa shape index (κ2) is 6.31. The molecule has 21 heavy (non-hydrogen) atoms. The smallest absolute Gasteiger partial charge is 0.354 e. The molecule has 0 aliphatic carbocycles. The van der Waals surface area contributed by atoms with Crippen molar-refractivity contribution in [1.82, 2.24) is 4.98 Å². The first-order valence-electron chi connectivity index (χ1n) is 5.68. The van der Waals surface area contributed by atoms with Crippen molar-refractivity contribution in [3.63, 3.8) is 0 Å². The molecule has 2 amide bonds. The highest BCUT2D eigenvalue weighted by atomic mass is 79.9. The van der Waals surface area contributed by atoms with Crippen molar-refractivity contribution in [2.45, 2.75) is 0 Å². The molecule has 108 valence electrons. The van der Waals surface area contributed by atoms with Crippen LogP contribution in [0.4, 0.5) is 20.6 Å². The lowest BCUT2D eigenvalue weighted by Gasteiger charge is -2.08. The fourth-order valence-corrected chi connectivity index (χ4v) is 1.80. The molecule has 0 fully saturated rings. The highest BCUT2D eigenvalue weighted by Gasteiger charge is 2.09. The SMILES string of the molecule is O=C(Nc1ccc(C(=O)O)nc1)Nc1ccc(Br)cc1F. The van der Waals surface area contributed by atoms with Gasteiger partial charge in [0.15, 0.2) is 0 Å². The van der Waals surface area contributed by atoms with Crippen molar-refractivity contribution in [2.24, 2.45) is 0 Å². The highest BCUT2D eigenvalue weighted by Crippen LogP contribution is 2.19. The molecule has 0 saturated carbocycles. The molecule has 0 aliphatic rings. The number of halogens is 2. The number of pyridine rings is 1. The first-order valence-corrected chi connectivity index (χ1v) is 6.47. The maximum absolute atomic E-state index is 13.5. The first kappa shape index (κ1) is 14.9. The van der Waals surface area contributed by atoms with E-state index in [0.717, 1.165) is 0 Å². The van der Waals surface area contributed by atoms with Crippen LogP contribution >= 0.6 is 15.9 Å². The Morgan fingerprint density at radius 1 is 1.19 bits per heavy atom. The summed E-state index contributed by atoms with van der Waals surface area (Å²) in [5.41, 5.74) is 0.167. The average Bonchev–Trinajstić information content (AvgIpc) is 2.42. The summed E-state index contributed by atoms with van der Waals surface area (Å²) >= 11 is 3.11. The second-order valence-electron chi connectivity index (χ2n) is 3.94. The molecule has 1 aromatic heterocycles. The van der Waals surface area contributed by atoms with Crippen LogP contribution in [0, 0.1) is 5.82 Å². The summed E-state index contributed by atoms with van der Waals surface area (Å²) in [6, 6.07) is 6.18. The van der Waals surface area contributed by atoms with Gasteiger partial charge < -0.3 is 15.7 Å². The first-order chi connectivity index (χ1) is 9.95. The number of urea groups is 1. The Morgan fingerprint density at radius 3 is 2.52 bits per heavy atom. The van der Waals surface area contributed by atoms with Crippen LogP contribution in [0.25, 0.3) is 0 Å². The zero-order valence-corrected chi connectivity index (χ0v) is 12.0. The van der Waals surface area contributed by atoms with Gasteiger partial charge in [-0.3, -0.25) is 0 Å². The molecule has 0 saturated heterocycles. The molecular weight excluding hydrogens is 345 g/mol. The lowest BCUT2D eigenvalue weighted by Crippen LogP contribution is -2.20. The predicted octanol–water partition coefficient (Wildman–Crippen LogP) is 3.33. The van der Waals surface area contributed by atoms with Crippen molar-refractivity contribution in [1.29, 1.82) is 0 Å². The number of amides is 2. The minimum atomic E-state index is -1.16. The average molecular weight is 354 g/mol. The molecule has 0 unspecified atom stereocenters. The third kappa shape index (κ3) is 3.99. The van der Waals surface area contributed by atoms with E-state index in [2.05, 4.69) is 31.5 Å². The van der Waals surface area contributed by atoms with Gasteiger partial charge in [0.1, 0.15) is 11.5 Å². The van der Waals surface area contributed by atoms with Crippen molar-refractivity contribution in [2.75, 3.05) is 10.6 Å². The van der Waals surface area contributed by atoms with Gasteiger partial charge in [-0.2, -0.15) is 0 Å². The third-order valence-corrected chi connectivity index (χ3v) is 2.91. The molecule has 0 spiro atoms. The van der Waals surface area contributed by atoms with E-state index in [9.17, 15) is 14.0 Å². The van der Waals surface area contributed by atoms with Crippen LogP contribution < -0.4 is 10.6 Å². The van der Waals surface area contributed by atoms with Crippen LogP contribution in [0.3, 0.4) is 0 Å². The Hall–Kier alpha value is -2.48. The number of rotatable bonds is 3. The van der Waals surface area contributed by atoms with Crippen LogP contribution in [0.1, 0.15) is 10.5 Å². The maximum atomic E-state index is 13.5. The minimum absolute atomic E-state index is 0.0193. The van der Waals surface area contributed by atoms with Crippen molar-refractivity contribution in [3.8, 4) is 0 Å². The number of benzene rings is 1. The van der Waals surface area contributed by atoms with Crippen LogP contribution in [0.5, 0.6) is 0 Å². The number of hydrogen-bond acceptors (Lipinski definition) is 3. The largest absolute Gasteiger partial charge is 0.477 e. The summed E-state index contributed by atoms with van der Waals surface area (Å²) < 4.78 is 14.1. The van der Waals surface area contributed by atoms with Crippen LogP contribution in [-0.2, 0) is 0 Å². The molecule has 2 rings (SSSR count). The van der Waals surface area contributed by atoms with E-state index in [4.69, 9.17) is 5.11 Å². The number of carbonyl (C=O) groups is 2. The second-order valence-corrected chi connectivity index (χ2v) is 4.86. The summed E-state index contributed by atoms with van der Waals surface area (Å²) in [7, 11) is 0. The molecule has 2 aromatic rings. The van der Waals surface area contributed by atoms with E-state index in [1.54, 1.807) is 6.07 Å². The van der Waals surface area contributed by atoms with E-state index in [-0.39, 0.29) is 17.1 Å². The number of carboxylic acid groups (broad SMARTS) is 1. The lowest BCUT2D eigenvalue weighted by atomic mass is 10.3. The Bertz CT molecular complexity index is 692. The number of hydrogen-bond donors (Lipinski definition) is 3. The summed E-state index contributed by atoms with van der Waals surface area (Å²) in [5.74, 6) is -1.75. The van der Waals surface area contributed by atoms with Gasteiger partial charge in [-0.1, -0.05) is 15.9 Å². The number of carbonyl (C=O) groups excluding carboxylic acids is 1. The number of aromatic carboxylic acids is 1. The van der Waals surface area contributed by atoms with Crippen LogP contribution in [-0.4, -0.2) is 22.1 Å². The van der Waals surface area contributed by atoms with Gasteiger partial charge in [-0.05, 0) is 30.3 Å². The number of anilines is 2. The molecule has 0 aliphatic heterocycles. The maximum Gasteiger partial charge on any atom is 0.354 e. The summed E-state index contributed by atoms with van der Waals surface area (Å²) in [6.07, 6.45) is 1.20. The summed E-state index contributed by atoms with van der Waals surface area (Å²) in [6.45, 7) is 0. The van der Waals surface area contributed by atoms with E-state index >= 15 is 0 Å². The molecule has 0 radical (unpaired) electrons. The number of nitrogens with one attached hydrogen (secondary N) is 2. The molecule has 0 atom stereocenters. The molecule has 1 aromatic carbocycles. The highest BCUT2D eigenvalue weighted by molar-refractivity contribution is 9.10. The van der Waals surface area contributed by atoms with Gasteiger partial charge in [0, 0.05) is 4.47 Å². The van der Waals surface area contributed by atoms with Crippen molar-refractivity contribution >= 4 is 39.3 Å². The monoisotopic (exact) mass is 353 g/mol. The zero-order chi connectivity index (χ0) is 15.4. The van der Waals surface area contributed by atoms with Crippen LogP contribution in [0.2, 0.25) is 0 Å². The Labute approximate surface area is 127 Å². The number of aromatic nitrogens is 1. The Balaban J connectivity index is 2.02. The van der Waals surface area contributed by atoms with Crippen LogP contribution in [0.15, 0.2) is 41.0 Å². The van der Waals surface area contributed by atoms with E-state index in [0.29, 0.717) is 4.47 Å². The fraction of sp³-hybridized carbons (Fsp3) is 0. The standard InChI is InChI=1S/C13H9BrFN3O3/c14-7-1-3-10(9(15)5-7)18-13(21)17-8-2-4-11(12(19)20)16-6-8/h1-6H,(H,19,20)(H2,17,18,21). The molecule has 0 bridgehead atoms. The molecule has 6 nitrogen and oxygen atoms in total. The number of nitrogens with zero attached hydrogens (tertiary/aromatic N) is 1. The topological polar surface area (TPSA) is 91.3 Å². The number of carboxylic acids is 1. The normalized spacial score (nSPS) is 10.0. The van der Waals surface area contributed by atoms with Gasteiger partial charge in [-0.15, -0.1) is 0 Å². The van der Waals surface area contributed by atoms with Crippen molar-refractivity contribution < 1.29 is 19.1 Å². The van der Waals surface area contributed by atoms with Gasteiger partial charge in [-0.25, -0.2) is 19.0 Å². The molecular formula is C13H9BrFN3O3. The van der Waals surface area contributed by atoms with E-state index in [1.807, 2.05) is 0 Å². The van der Waals surface area contributed by atoms with Gasteiger partial charge >= 0.3 is 12.0 Å². The van der Waals surface area contributed by atoms with E-state index < -0.39 is 17.8 Å². The molecule has 8 heteroatoms.